The average Bonchev–Trinajstić information content (AvgIpc) is 2.93. The van der Waals surface area contributed by atoms with Gasteiger partial charge in [-0.1, -0.05) is 6.07 Å². The van der Waals surface area contributed by atoms with E-state index < -0.39 is 0 Å². The van der Waals surface area contributed by atoms with Gasteiger partial charge in [-0.15, -0.1) is 11.3 Å². The molecule has 0 bridgehead atoms. The standard InChI is InChI=1S/C19H28FN5S/c1-5-21-19(23-13-18-14(2)24-15(3)26-18)22-10-7-11-25(4)17-9-6-8-16(20)12-17/h6,8-9,12H,5,7,10-11,13H2,1-4H3,(H2,21,22,23). The first-order chi connectivity index (χ1) is 12.5. The lowest BCUT2D eigenvalue weighted by molar-refractivity contribution is 0.626. The third-order valence-corrected chi connectivity index (χ3v) is 4.99. The molecule has 0 fully saturated rings. The predicted octanol–water partition coefficient (Wildman–Crippen LogP) is 3.48. The zero-order chi connectivity index (χ0) is 18.9. The van der Waals surface area contributed by atoms with E-state index in [1.165, 1.54) is 10.9 Å². The fourth-order valence-electron chi connectivity index (χ4n) is 2.58. The smallest absolute Gasteiger partial charge is 0.191 e. The van der Waals surface area contributed by atoms with Crippen LogP contribution in [0.25, 0.3) is 0 Å². The van der Waals surface area contributed by atoms with Crippen molar-refractivity contribution in [2.75, 3.05) is 31.6 Å². The van der Waals surface area contributed by atoms with Crippen molar-refractivity contribution in [2.24, 2.45) is 4.99 Å². The van der Waals surface area contributed by atoms with Crippen LogP contribution < -0.4 is 15.5 Å². The third-order valence-electron chi connectivity index (χ3n) is 3.94. The molecule has 1 aromatic carbocycles. The van der Waals surface area contributed by atoms with E-state index in [0.29, 0.717) is 6.54 Å². The Morgan fingerprint density at radius 2 is 2.12 bits per heavy atom. The summed E-state index contributed by atoms with van der Waals surface area (Å²) in [5.41, 5.74) is 1.95. The number of anilines is 1. The summed E-state index contributed by atoms with van der Waals surface area (Å²) in [4.78, 5) is 12.3. The highest BCUT2D eigenvalue weighted by molar-refractivity contribution is 7.11. The summed E-state index contributed by atoms with van der Waals surface area (Å²) >= 11 is 1.69. The van der Waals surface area contributed by atoms with E-state index >= 15 is 0 Å². The van der Waals surface area contributed by atoms with Gasteiger partial charge in [0, 0.05) is 37.2 Å². The van der Waals surface area contributed by atoms with Crippen LogP contribution in [0.3, 0.4) is 0 Å². The molecule has 0 aliphatic heterocycles. The number of rotatable bonds is 8. The molecule has 0 amide bonds. The van der Waals surface area contributed by atoms with Gasteiger partial charge in [-0.25, -0.2) is 14.4 Å². The van der Waals surface area contributed by atoms with Gasteiger partial charge in [0.25, 0.3) is 0 Å². The Labute approximate surface area is 159 Å². The van der Waals surface area contributed by atoms with Crippen LogP contribution in [-0.4, -0.2) is 37.6 Å². The van der Waals surface area contributed by atoms with Crippen LogP contribution in [0.5, 0.6) is 0 Å². The van der Waals surface area contributed by atoms with Crippen molar-refractivity contribution in [3.8, 4) is 0 Å². The number of nitrogens with one attached hydrogen (secondary N) is 2. The Bertz CT molecular complexity index is 728. The first-order valence-corrected chi connectivity index (χ1v) is 9.73. The Balaban J connectivity index is 1.80. The molecular formula is C19H28FN5S. The summed E-state index contributed by atoms with van der Waals surface area (Å²) in [6.07, 6.45) is 0.927. The summed E-state index contributed by atoms with van der Waals surface area (Å²) in [5.74, 6) is 0.606. The van der Waals surface area contributed by atoms with Gasteiger partial charge in [0.1, 0.15) is 5.82 Å². The van der Waals surface area contributed by atoms with Crippen molar-refractivity contribution in [3.05, 3.63) is 45.7 Å². The third kappa shape index (κ3) is 6.29. The van der Waals surface area contributed by atoms with Crippen LogP contribution in [-0.2, 0) is 6.54 Å². The first kappa shape index (κ1) is 20.2. The number of hydrogen-bond acceptors (Lipinski definition) is 4. The van der Waals surface area contributed by atoms with Crippen LogP contribution in [0.2, 0.25) is 0 Å². The predicted molar refractivity (Wildman–Crippen MR) is 109 cm³/mol. The Kier molecular flexibility index (Phi) is 7.84. The summed E-state index contributed by atoms with van der Waals surface area (Å²) in [7, 11) is 1.98. The number of guanidine groups is 1. The summed E-state index contributed by atoms with van der Waals surface area (Å²) in [6, 6.07) is 6.67. The van der Waals surface area contributed by atoms with Gasteiger partial charge < -0.3 is 15.5 Å². The summed E-state index contributed by atoms with van der Waals surface area (Å²) in [6.45, 7) is 9.18. The number of aromatic nitrogens is 1. The van der Waals surface area contributed by atoms with E-state index in [0.717, 1.165) is 48.4 Å². The van der Waals surface area contributed by atoms with Gasteiger partial charge in [-0.05, 0) is 45.4 Å². The highest BCUT2D eigenvalue weighted by atomic mass is 32.1. The minimum absolute atomic E-state index is 0.206. The molecule has 0 aliphatic carbocycles. The van der Waals surface area contributed by atoms with Crippen LogP contribution >= 0.6 is 11.3 Å². The molecule has 2 aromatic rings. The highest BCUT2D eigenvalue weighted by Gasteiger charge is 2.05. The molecule has 2 N–H and O–H groups in total. The highest BCUT2D eigenvalue weighted by Crippen LogP contribution is 2.17. The van der Waals surface area contributed by atoms with Crippen molar-refractivity contribution in [3.63, 3.8) is 0 Å². The second kappa shape index (κ2) is 10.1. The number of aryl methyl sites for hydroxylation is 2. The van der Waals surface area contributed by atoms with Crippen molar-refractivity contribution in [2.45, 2.75) is 33.7 Å². The van der Waals surface area contributed by atoms with E-state index in [-0.39, 0.29) is 5.82 Å². The molecule has 0 spiro atoms. The van der Waals surface area contributed by atoms with Crippen LogP contribution in [0.15, 0.2) is 29.3 Å². The normalized spacial score (nSPS) is 11.5. The van der Waals surface area contributed by atoms with Crippen LogP contribution in [0.4, 0.5) is 10.1 Å². The fourth-order valence-corrected chi connectivity index (χ4v) is 3.44. The Morgan fingerprint density at radius 1 is 1.31 bits per heavy atom. The second-order valence-electron chi connectivity index (χ2n) is 6.12. The van der Waals surface area contributed by atoms with Crippen molar-refractivity contribution in [1.29, 1.82) is 0 Å². The van der Waals surface area contributed by atoms with Gasteiger partial charge in [-0.3, -0.25) is 0 Å². The van der Waals surface area contributed by atoms with E-state index in [1.54, 1.807) is 23.5 Å². The molecule has 1 heterocycles. The SMILES string of the molecule is CCNC(=NCc1sc(C)nc1C)NCCCN(C)c1cccc(F)c1. The zero-order valence-electron chi connectivity index (χ0n) is 16.0. The van der Waals surface area contributed by atoms with Gasteiger partial charge in [-0.2, -0.15) is 0 Å². The molecule has 0 saturated heterocycles. The maximum Gasteiger partial charge on any atom is 0.191 e. The second-order valence-corrected chi connectivity index (χ2v) is 7.41. The monoisotopic (exact) mass is 377 g/mol. The molecule has 26 heavy (non-hydrogen) atoms. The molecule has 142 valence electrons. The van der Waals surface area contributed by atoms with E-state index in [1.807, 2.05) is 27.0 Å². The topological polar surface area (TPSA) is 52.6 Å². The van der Waals surface area contributed by atoms with E-state index in [2.05, 4.69) is 32.4 Å². The van der Waals surface area contributed by atoms with Gasteiger partial charge in [0.15, 0.2) is 5.96 Å². The fraction of sp³-hybridized carbons (Fsp3) is 0.474. The van der Waals surface area contributed by atoms with Gasteiger partial charge in [0.05, 0.1) is 17.2 Å². The molecule has 1 aromatic heterocycles. The van der Waals surface area contributed by atoms with E-state index in [9.17, 15) is 4.39 Å². The molecule has 7 heteroatoms. The average molecular weight is 378 g/mol. The van der Waals surface area contributed by atoms with Crippen molar-refractivity contribution in [1.82, 2.24) is 15.6 Å². The number of aliphatic imine (C=N–C) groups is 1. The van der Waals surface area contributed by atoms with Gasteiger partial charge >= 0.3 is 0 Å². The maximum absolute atomic E-state index is 13.3. The number of halogens is 1. The molecule has 0 radical (unpaired) electrons. The molecule has 0 unspecified atom stereocenters. The first-order valence-electron chi connectivity index (χ1n) is 8.91. The molecular weight excluding hydrogens is 349 g/mol. The minimum atomic E-state index is -0.206. The number of hydrogen-bond donors (Lipinski definition) is 2. The molecule has 0 saturated carbocycles. The maximum atomic E-state index is 13.3. The van der Waals surface area contributed by atoms with E-state index in [4.69, 9.17) is 0 Å². The quantitative estimate of drug-likeness (QED) is 0.420. The zero-order valence-corrected chi connectivity index (χ0v) is 16.8. The summed E-state index contributed by atoms with van der Waals surface area (Å²) < 4.78 is 13.3. The van der Waals surface area contributed by atoms with Crippen LogP contribution in [0, 0.1) is 19.7 Å². The Morgan fingerprint density at radius 3 is 2.77 bits per heavy atom. The summed E-state index contributed by atoms with van der Waals surface area (Å²) in [5, 5.41) is 7.70. The lowest BCUT2D eigenvalue weighted by Crippen LogP contribution is -2.38. The number of thiazole rings is 1. The van der Waals surface area contributed by atoms with Crippen molar-refractivity contribution >= 4 is 23.0 Å². The number of nitrogens with zero attached hydrogens (tertiary/aromatic N) is 3. The van der Waals surface area contributed by atoms with Gasteiger partial charge in [0.2, 0.25) is 0 Å². The van der Waals surface area contributed by atoms with Crippen LogP contribution in [0.1, 0.15) is 28.9 Å². The minimum Gasteiger partial charge on any atom is -0.374 e. The lowest BCUT2D eigenvalue weighted by atomic mass is 10.2. The largest absolute Gasteiger partial charge is 0.374 e. The lowest BCUT2D eigenvalue weighted by Gasteiger charge is -2.19. The molecule has 2 rings (SSSR count). The molecule has 0 atom stereocenters. The molecule has 0 aliphatic rings. The molecule has 5 nitrogen and oxygen atoms in total. The number of benzene rings is 1. The Hall–Kier alpha value is -2.15. The van der Waals surface area contributed by atoms with Crippen molar-refractivity contribution < 1.29 is 4.39 Å².